The van der Waals surface area contributed by atoms with E-state index in [9.17, 15) is 4.21 Å². The molecule has 1 saturated heterocycles. The predicted octanol–water partition coefficient (Wildman–Crippen LogP) is 2.31. The molecule has 0 spiro atoms. The highest BCUT2D eigenvalue weighted by molar-refractivity contribution is 7.75. The molecular weight excluding hydrogens is 212 g/mol. The summed E-state index contributed by atoms with van der Waals surface area (Å²) in [5, 5.41) is 0. The molecule has 0 N–H and O–H groups in total. The molecule has 2 atom stereocenters. The van der Waals surface area contributed by atoms with Crippen LogP contribution in [0.3, 0.4) is 0 Å². The molecule has 0 aromatic heterocycles. The normalized spacial score (nSPS) is 30.6. The average Bonchev–Trinajstić information content (AvgIpc) is 2.63. The van der Waals surface area contributed by atoms with Crippen molar-refractivity contribution in [3.05, 3.63) is 35.9 Å². The Kier molecular flexibility index (Phi) is 3.19. The molecule has 0 radical (unpaired) electrons. The minimum Gasteiger partial charge on any atom is -0.265 e. The Balaban J connectivity index is 2.31. The van der Waals surface area contributed by atoms with Crippen molar-refractivity contribution in [3.8, 4) is 0 Å². The van der Waals surface area contributed by atoms with Gasteiger partial charge in [-0.2, -0.15) is 4.21 Å². The molecule has 0 bridgehead atoms. The van der Waals surface area contributed by atoms with E-state index < -0.39 is 17.0 Å². The lowest BCUT2D eigenvalue weighted by Crippen LogP contribution is -2.28. The second-order valence-corrected chi connectivity index (χ2v) is 4.47. The van der Waals surface area contributed by atoms with E-state index in [-0.39, 0.29) is 0 Å². The van der Waals surface area contributed by atoms with Crippen molar-refractivity contribution in [3.63, 3.8) is 0 Å². The predicted molar refractivity (Wildman–Crippen MR) is 58.2 cm³/mol. The van der Waals surface area contributed by atoms with Gasteiger partial charge in [0.15, 0.2) is 0 Å². The summed E-state index contributed by atoms with van der Waals surface area (Å²) < 4.78 is 21.6. The fourth-order valence-electron chi connectivity index (χ4n) is 1.86. The van der Waals surface area contributed by atoms with Crippen LogP contribution in [-0.2, 0) is 25.3 Å². The van der Waals surface area contributed by atoms with E-state index in [2.05, 4.69) is 6.92 Å². The Morgan fingerprint density at radius 2 is 2.13 bits per heavy atom. The van der Waals surface area contributed by atoms with E-state index in [0.717, 1.165) is 18.4 Å². The first-order valence-corrected chi connectivity index (χ1v) is 6.07. The summed E-state index contributed by atoms with van der Waals surface area (Å²) in [6.07, 6.45) is 1.79. The molecular formula is C11H14O3S. The minimum atomic E-state index is -1.59. The van der Waals surface area contributed by atoms with Crippen molar-refractivity contribution in [2.45, 2.75) is 25.4 Å². The van der Waals surface area contributed by atoms with E-state index in [4.69, 9.17) is 8.37 Å². The van der Waals surface area contributed by atoms with Crippen LogP contribution in [0.15, 0.2) is 30.3 Å². The van der Waals surface area contributed by atoms with Gasteiger partial charge in [-0.05, 0) is 12.0 Å². The molecule has 15 heavy (non-hydrogen) atoms. The van der Waals surface area contributed by atoms with Crippen LogP contribution < -0.4 is 0 Å². The zero-order valence-corrected chi connectivity index (χ0v) is 9.46. The lowest BCUT2D eigenvalue weighted by atomic mass is 9.90. The standard InChI is InChI=1S/C11H14O3S/c1-2-8-11(9-13-15(12)14-11)10-6-4-3-5-7-10/h3-7H,2,8-9H2,1H3/t11-,15?/m1/s1. The van der Waals surface area contributed by atoms with Crippen molar-refractivity contribution in [1.82, 2.24) is 0 Å². The molecule has 1 aromatic rings. The van der Waals surface area contributed by atoms with Gasteiger partial charge in [-0.25, -0.2) is 0 Å². The summed E-state index contributed by atoms with van der Waals surface area (Å²) in [5.41, 5.74) is 0.527. The maximum absolute atomic E-state index is 11.2. The summed E-state index contributed by atoms with van der Waals surface area (Å²) in [7, 11) is 0. The third kappa shape index (κ3) is 2.12. The summed E-state index contributed by atoms with van der Waals surface area (Å²) in [6.45, 7) is 2.45. The van der Waals surface area contributed by atoms with Gasteiger partial charge in [-0.1, -0.05) is 43.7 Å². The topological polar surface area (TPSA) is 35.5 Å². The van der Waals surface area contributed by atoms with Crippen LogP contribution in [0.5, 0.6) is 0 Å². The Bertz CT molecular complexity index is 352. The lowest BCUT2D eigenvalue weighted by Gasteiger charge is -2.24. The largest absolute Gasteiger partial charge is 0.305 e. The van der Waals surface area contributed by atoms with Gasteiger partial charge in [-0.15, -0.1) is 0 Å². The van der Waals surface area contributed by atoms with E-state index in [0.29, 0.717) is 6.61 Å². The first-order valence-electron chi connectivity index (χ1n) is 5.07. The second-order valence-electron chi connectivity index (χ2n) is 3.66. The molecule has 82 valence electrons. The number of hydrogen-bond acceptors (Lipinski definition) is 3. The minimum absolute atomic E-state index is 0.372. The highest BCUT2D eigenvalue weighted by atomic mass is 32.2. The molecule has 1 heterocycles. The molecule has 0 saturated carbocycles. The van der Waals surface area contributed by atoms with Gasteiger partial charge < -0.3 is 0 Å². The molecule has 0 aliphatic carbocycles. The van der Waals surface area contributed by atoms with Gasteiger partial charge in [0.25, 0.3) is 0 Å². The maximum atomic E-state index is 11.2. The molecule has 1 unspecified atom stereocenters. The highest BCUT2D eigenvalue weighted by Crippen LogP contribution is 2.36. The molecule has 2 rings (SSSR count). The van der Waals surface area contributed by atoms with Crippen LogP contribution in [0.25, 0.3) is 0 Å². The summed E-state index contributed by atoms with van der Waals surface area (Å²) >= 11 is -1.59. The third-order valence-corrected chi connectivity index (χ3v) is 3.34. The molecule has 0 amide bonds. The van der Waals surface area contributed by atoms with Crippen molar-refractivity contribution in [1.29, 1.82) is 0 Å². The highest BCUT2D eigenvalue weighted by Gasteiger charge is 2.41. The number of benzene rings is 1. The van der Waals surface area contributed by atoms with Crippen molar-refractivity contribution in [2.75, 3.05) is 6.61 Å². The van der Waals surface area contributed by atoms with Crippen LogP contribution in [0.2, 0.25) is 0 Å². The van der Waals surface area contributed by atoms with Gasteiger partial charge in [0.2, 0.25) is 0 Å². The zero-order valence-electron chi connectivity index (χ0n) is 8.64. The molecule has 3 nitrogen and oxygen atoms in total. The van der Waals surface area contributed by atoms with Crippen molar-refractivity contribution in [2.24, 2.45) is 0 Å². The van der Waals surface area contributed by atoms with Crippen LogP contribution in [-0.4, -0.2) is 10.8 Å². The zero-order chi connectivity index (χ0) is 10.7. The van der Waals surface area contributed by atoms with Crippen LogP contribution in [0.4, 0.5) is 0 Å². The van der Waals surface area contributed by atoms with Crippen molar-refractivity contribution < 1.29 is 12.6 Å². The van der Waals surface area contributed by atoms with Crippen LogP contribution in [0, 0.1) is 0 Å². The van der Waals surface area contributed by atoms with Crippen LogP contribution in [0.1, 0.15) is 25.3 Å². The molecule has 1 fully saturated rings. The average molecular weight is 226 g/mol. The van der Waals surface area contributed by atoms with Crippen molar-refractivity contribution >= 4 is 11.4 Å². The smallest absolute Gasteiger partial charge is 0.265 e. The summed E-state index contributed by atoms with van der Waals surface area (Å²) in [5.74, 6) is 0. The van der Waals surface area contributed by atoms with E-state index >= 15 is 0 Å². The van der Waals surface area contributed by atoms with Gasteiger partial charge in [0.1, 0.15) is 12.2 Å². The second kappa shape index (κ2) is 4.43. The van der Waals surface area contributed by atoms with Gasteiger partial charge in [-0.3, -0.25) is 8.37 Å². The first kappa shape index (κ1) is 10.8. The Morgan fingerprint density at radius 3 is 2.67 bits per heavy atom. The summed E-state index contributed by atoms with van der Waals surface area (Å²) in [4.78, 5) is 0. The SMILES string of the molecule is CCC[C@]1(c2ccccc2)COS(=O)O1. The van der Waals surface area contributed by atoms with Gasteiger partial charge in [0, 0.05) is 0 Å². The van der Waals surface area contributed by atoms with Gasteiger partial charge >= 0.3 is 11.4 Å². The Hall–Kier alpha value is -0.710. The molecule has 1 aliphatic rings. The first-order chi connectivity index (χ1) is 7.27. The van der Waals surface area contributed by atoms with Crippen LogP contribution >= 0.6 is 0 Å². The fraction of sp³-hybridized carbons (Fsp3) is 0.455. The molecule has 4 heteroatoms. The molecule has 1 aliphatic heterocycles. The maximum Gasteiger partial charge on any atom is 0.305 e. The third-order valence-electron chi connectivity index (χ3n) is 2.57. The Labute approximate surface area is 92.3 Å². The van der Waals surface area contributed by atoms with E-state index in [1.165, 1.54) is 0 Å². The number of hydrogen-bond donors (Lipinski definition) is 0. The Morgan fingerprint density at radius 1 is 1.40 bits per heavy atom. The monoisotopic (exact) mass is 226 g/mol. The van der Waals surface area contributed by atoms with E-state index in [1.807, 2.05) is 30.3 Å². The quantitative estimate of drug-likeness (QED) is 0.793. The lowest BCUT2D eigenvalue weighted by molar-refractivity contribution is 0.0845. The van der Waals surface area contributed by atoms with E-state index in [1.54, 1.807) is 0 Å². The fourth-order valence-corrected chi connectivity index (χ4v) is 2.68. The number of rotatable bonds is 3. The van der Waals surface area contributed by atoms with Gasteiger partial charge in [0.05, 0.1) is 0 Å². The summed E-state index contributed by atoms with van der Waals surface area (Å²) in [6, 6.07) is 9.84. The molecule has 1 aromatic carbocycles.